The second-order valence-electron chi connectivity index (χ2n) is 19.9. The normalized spacial score (nSPS) is 13.3. The number of rotatable bonds is 24. The number of alkyl carbamates (subject to hydrolysis) is 2. The number of nitrogens with one attached hydrogen (secondary N) is 2. The van der Waals surface area contributed by atoms with E-state index < -0.39 is 56.5 Å². The Kier molecular flexibility index (Phi) is 23.1. The van der Waals surface area contributed by atoms with Gasteiger partial charge in [0.15, 0.2) is 10.3 Å². The van der Waals surface area contributed by atoms with Crippen molar-refractivity contribution >= 4 is 85.6 Å². The highest BCUT2D eigenvalue weighted by molar-refractivity contribution is 7.89. The Morgan fingerprint density at radius 1 is 0.543 bits per heavy atom. The third kappa shape index (κ3) is 18.2. The number of amides is 2. The number of nitrogens with zero attached hydrogens (tertiary/aromatic N) is 4. The lowest BCUT2D eigenvalue weighted by Gasteiger charge is -2.30. The number of aliphatic hydroxyl groups excluding tert-OH is 2. The topological polar surface area (TPSA) is 270 Å². The van der Waals surface area contributed by atoms with Gasteiger partial charge in [0, 0.05) is 26.2 Å². The van der Waals surface area contributed by atoms with Gasteiger partial charge < -0.3 is 41.8 Å². The molecule has 0 aliphatic rings. The molecule has 81 heavy (non-hydrogen) atoms. The highest BCUT2D eigenvalue weighted by Gasteiger charge is 2.34. The molecule has 0 saturated carbocycles. The van der Waals surface area contributed by atoms with Crippen LogP contribution in [0.25, 0.3) is 20.4 Å². The molecule has 0 fully saturated rings. The Hall–Kier alpha value is -7.02. The van der Waals surface area contributed by atoms with Crippen molar-refractivity contribution in [2.24, 2.45) is 11.8 Å². The highest BCUT2D eigenvalue weighted by atomic mass is 32.2. The molecule has 0 aliphatic carbocycles. The molecule has 2 amide bonds. The number of carbonyl (C=O) groups excluding carboxylic acids is 2. The van der Waals surface area contributed by atoms with Crippen LogP contribution in [-0.2, 0) is 55.6 Å². The third-order valence-corrected chi connectivity index (χ3v) is 18.1. The van der Waals surface area contributed by atoms with E-state index in [1.165, 1.54) is 38.1 Å². The third-order valence-electron chi connectivity index (χ3n) is 12.5. The van der Waals surface area contributed by atoms with E-state index >= 15 is 0 Å². The van der Waals surface area contributed by atoms with Crippen LogP contribution in [0.1, 0.15) is 57.4 Å². The first-order valence-electron chi connectivity index (χ1n) is 25.9. The van der Waals surface area contributed by atoms with Crippen LogP contribution >= 0.6 is 22.7 Å². The molecule has 0 unspecified atom stereocenters. The Balaban J connectivity index is 0.000000258. The summed E-state index contributed by atoms with van der Waals surface area (Å²) >= 11 is 2.39. The summed E-state index contributed by atoms with van der Waals surface area (Å²) in [7, 11) is -8.04. The van der Waals surface area contributed by atoms with Gasteiger partial charge in [0.2, 0.25) is 20.0 Å². The molecule has 4 atom stereocenters. The number of nitrogens with two attached hydrogens (primary N) is 2. The number of nitrogen functional groups attached to an aromatic ring is 2. The van der Waals surface area contributed by atoms with Gasteiger partial charge in [0.1, 0.15) is 18.1 Å². The van der Waals surface area contributed by atoms with Crippen LogP contribution in [0, 0.1) is 11.8 Å². The molecule has 18 nitrogen and oxygen atoms in total. The number of ether oxygens (including phenoxy) is 2. The standard InChI is InChI=1S/2C29H34N4O5S2.CH4/c1-20(2)17-33(40(36,37)26-15-9-14-23-27(26)39-28(30)31-23)18-25(34)24(16-21-10-5-3-6-11-21)32-29(35)38-19-22-12-7-4-8-13-22;1-20(2)17-33(40(36,37)23-13-14-27-25(16-23)31-28(30)39-27)18-26(34)24(15-21-9-5-3-6-10-21)32-29(35)38-19-22-11-7-4-8-12-22;/h3-15,20,24-25,34H,16-19H2,1-2H3,(H2,30,31)(H,32,35);3-14,16,20,24,26,34H,15,17-19H2,1-2H3,(H2,30,31)(H,32,35);1H4/t24-,25+;24-,26+;/m00./s1. The van der Waals surface area contributed by atoms with Crippen LogP contribution in [0.5, 0.6) is 0 Å². The summed E-state index contributed by atoms with van der Waals surface area (Å²) in [5.74, 6) is -0.0407. The number of benzene rings is 6. The largest absolute Gasteiger partial charge is 0.445 e. The number of hydrogen-bond donors (Lipinski definition) is 6. The number of hydrogen-bond acceptors (Lipinski definition) is 16. The molecule has 0 spiro atoms. The predicted octanol–water partition coefficient (Wildman–Crippen LogP) is 9.48. The maximum atomic E-state index is 13.9. The second-order valence-corrected chi connectivity index (χ2v) is 25.8. The first-order valence-corrected chi connectivity index (χ1v) is 30.5. The lowest BCUT2D eigenvalue weighted by molar-refractivity contribution is 0.0873. The molecule has 22 heteroatoms. The monoisotopic (exact) mass is 1180 g/mol. The van der Waals surface area contributed by atoms with Crippen molar-refractivity contribution in [2.75, 3.05) is 37.6 Å². The van der Waals surface area contributed by atoms with Gasteiger partial charge in [0.05, 0.1) is 49.6 Å². The predicted molar refractivity (Wildman–Crippen MR) is 321 cm³/mol. The Morgan fingerprint density at radius 3 is 1.42 bits per heavy atom. The van der Waals surface area contributed by atoms with E-state index in [0.29, 0.717) is 20.9 Å². The zero-order valence-corrected chi connectivity index (χ0v) is 48.1. The van der Waals surface area contributed by atoms with Gasteiger partial charge in [-0.15, -0.1) is 0 Å². The Labute approximate surface area is 482 Å². The van der Waals surface area contributed by atoms with E-state index in [1.54, 1.807) is 18.2 Å². The van der Waals surface area contributed by atoms with Crippen LogP contribution in [0.15, 0.2) is 168 Å². The first kappa shape index (κ1) is 63.2. The summed E-state index contributed by atoms with van der Waals surface area (Å²) in [6, 6.07) is 45.2. The molecule has 2 heterocycles. The zero-order valence-electron chi connectivity index (χ0n) is 44.9. The van der Waals surface area contributed by atoms with E-state index in [4.69, 9.17) is 20.9 Å². The summed E-state index contributed by atoms with van der Waals surface area (Å²) in [5.41, 5.74) is 16.1. The minimum atomic E-state index is -4.04. The number of anilines is 2. The molecule has 8 N–H and O–H groups in total. The van der Waals surface area contributed by atoms with Gasteiger partial charge in [-0.25, -0.2) is 36.4 Å². The molecule has 8 aromatic rings. The fourth-order valence-corrected chi connectivity index (χ4v) is 13.9. The highest BCUT2D eigenvalue weighted by Crippen LogP contribution is 2.33. The zero-order chi connectivity index (χ0) is 57.4. The van der Waals surface area contributed by atoms with E-state index in [9.17, 15) is 36.6 Å². The van der Waals surface area contributed by atoms with Crippen molar-refractivity contribution in [3.05, 3.63) is 180 Å². The first-order chi connectivity index (χ1) is 38.2. The fraction of sp³-hybridized carbons (Fsp3) is 0.322. The maximum absolute atomic E-state index is 13.9. The van der Waals surface area contributed by atoms with Crippen molar-refractivity contribution in [3.63, 3.8) is 0 Å². The lowest BCUT2D eigenvalue weighted by atomic mass is 10.0. The maximum Gasteiger partial charge on any atom is 0.407 e. The van der Waals surface area contributed by atoms with Crippen LogP contribution in [-0.4, -0.2) is 108 Å². The van der Waals surface area contributed by atoms with E-state index in [2.05, 4.69) is 20.6 Å². The molecule has 2 aromatic heterocycles. The molecule has 432 valence electrons. The van der Waals surface area contributed by atoms with Gasteiger partial charge in [-0.3, -0.25) is 0 Å². The summed E-state index contributed by atoms with van der Waals surface area (Å²) in [5, 5.41) is 28.9. The fourth-order valence-electron chi connectivity index (χ4n) is 8.68. The van der Waals surface area contributed by atoms with E-state index in [-0.39, 0.29) is 86.4 Å². The molecular formula is C59H72N8O10S4. The van der Waals surface area contributed by atoms with Gasteiger partial charge in [-0.05, 0) is 77.3 Å². The van der Waals surface area contributed by atoms with Crippen LogP contribution in [0.2, 0.25) is 0 Å². The lowest BCUT2D eigenvalue weighted by Crippen LogP contribution is -2.51. The van der Waals surface area contributed by atoms with E-state index in [1.807, 2.05) is 149 Å². The number of sulfonamides is 2. The van der Waals surface area contributed by atoms with Crippen molar-refractivity contribution in [3.8, 4) is 0 Å². The molecule has 8 rings (SSSR count). The smallest absolute Gasteiger partial charge is 0.407 e. The minimum Gasteiger partial charge on any atom is -0.445 e. The number of aromatic nitrogens is 2. The van der Waals surface area contributed by atoms with E-state index in [0.717, 1.165) is 38.3 Å². The van der Waals surface area contributed by atoms with Crippen molar-refractivity contribution in [1.82, 2.24) is 29.2 Å². The van der Waals surface area contributed by atoms with Crippen molar-refractivity contribution in [2.45, 2.75) is 95.3 Å². The van der Waals surface area contributed by atoms with Crippen LogP contribution < -0.4 is 22.1 Å². The summed E-state index contributed by atoms with van der Waals surface area (Å²) < 4.78 is 69.9. The average molecular weight is 1180 g/mol. The summed E-state index contributed by atoms with van der Waals surface area (Å²) in [6.07, 6.45) is -3.30. The second kappa shape index (κ2) is 29.6. The number of fused-ring (bicyclic) bond motifs is 2. The minimum absolute atomic E-state index is 0. The van der Waals surface area contributed by atoms with Crippen molar-refractivity contribution in [1.29, 1.82) is 0 Å². The molecule has 0 radical (unpaired) electrons. The molecule has 0 saturated heterocycles. The van der Waals surface area contributed by atoms with Gasteiger partial charge in [-0.1, -0.05) is 185 Å². The molecular weight excluding hydrogens is 1110 g/mol. The van der Waals surface area contributed by atoms with Crippen molar-refractivity contribution < 1.29 is 46.1 Å². The van der Waals surface area contributed by atoms with Gasteiger partial charge in [0.25, 0.3) is 0 Å². The molecule has 0 aliphatic heterocycles. The Morgan fingerprint density at radius 2 is 0.963 bits per heavy atom. The van der Waals surface area contributed by atoms with Gasteiger partial charge in [-0.2, -0.15) is 8.61 Å². The molecule has 0 bridgehead atoms. The van der Waals surface area contributed by atoms with Crippen LogP contribution in [0.3, 0.4) is 0 Å². The Bertz CT molecular complexity index is 3480. The number of thiazole rings is 2. The number of carbonyl (C=O) groups is 2. The number of aliphatic hydroxyl groups is 2. The summed E-state index contributed by atoms with van der Waals surface area (Å²) in [6.45, 7) is 7.62. The molecule has 6 aromatic carbocycles. The van der Waals surface area contributed by atoms with Crippen LogP contribution in [0.4, 0.5) is 19.9 Å². The SMILES string of the molecule is C.CC(C)CN(C[C@@H](O)[C@H](Cc1ccccc1)NC(=O)OCc1ccccc1)S(=O)(=O)c1ccc2sc(N)nc2c1.CC(C)CN(C[C@@H](O)[C@H](Cc1ccccc1)NC(=O)OCc1ccccc1)S(=O)(=O)c1cccc2nc(N)sc12. The quantitative estimate of drug-likeness (QED) is 0.0329. The van der Waals surface area contributed by atoms with Gasteiger partial charge >= 0.3 is 12.2 Å². The summed E-state index contributed by atoms with van der Waals surface area (Å²) in [4.78, 5) is 34.1. The average Bonchev–Trinajstić information content (AvgIpc) is 4.29.